The Morgan fingerprint density at radius 3 is 2.61 bits per heavy atom. The number of aliphatic carboxylic acids is 1. The molecule has 0 aliphatic carbocycles. The third kappa shape index (κ3) is 5.41. The van der Waals surface area contributed by atoms with Gasteiger partial charge in [-0.05, 0) is 60.0 Å². The van der Waals surface area contributed by atoms with Gasteiger partial charge < -0.3 is 15.2 Å². The summed E-state index contributed by atoms with van der Waals surface area (Å²) in [5, 5.41) is 15.3. The fraction of sp³-hybridized carbons (Fsp3) is 0.294. The molecule has 0 saturated heterocycles. The van der Waals surface area contributed by atoms with E-state index in [4.69, 9.17) is 9.84 Å². The van der Waals surface area contributed by atoms with Crippen molar-refractivity contribution in [2.75, 3.05) is 11.9 Å². The lowest BCUT2D eigenvalue weighted by Crippen LogP contribution is -2.18. The van der Waals surface area contributed by atoms with E-state index in [1.807, 2.05) is 23.8 Å². The van der Waals surface area contributed by atoms with E-state index in [1.165, 1.54) is 0 Å². The van der Waals surface area contributed by atoms with E-state index < -0.39 is 5.97 Å². The lowest BCUT2D eigenvalue weighted by Gasteiger charge is -2.11. The summed E-state index contributed by atoms with van der Waals surface area (Å²) >= 11 is 1.57. The van der Waals surface area contributed by atoms with Crippen molar-refractivity contribution in [3.63, 3.8) is 0 Å². The molecule has 122 valence electrons. The molecule has 2 aromatic rings. The molecule has 5 nitrogen and oxygen atoms in total. The van der Waals surface area contributed by atoms with Crippen molar-refractivity contribution in [1.29, 1.82) is 0 Å². The van der Waals surface area contributed by atoms with Crippen molar-refractivity contribution in [2.45, 2.75) is 25.7 Å². The molecular formula is C17H19NO4S. The quantitative estimate of drug-likeness (QED) is 0.722. The highest BCUT2D eigenvalue weighted by atomic mass is 32.1. The van der Waals surface area contributed by atoms with Crippen molar-refractivity contribution in [3.05, 3.63) is 46.7 Å². The Kier molecular flexibility index (Phi) is 6.17. The van der Waals surface area contributed by atoms with Crippen LogP contribution in [0.4, 0.5) is 5.69 Å². The van der Waals surface area contributed by atoms with Crippen LogP contribution in [0.15, 0.2) is 41.1 Å². The van der Waals surface area contributed by atoms with Crippen molar-refractivity contribution in [1.82, 2.24) is 0 Å². The van der Waals surface area contributed by atoms with E-state index in [-0.39, 0.29) is 18.2 Å². The van der Waals surface area contributed by atoms with Crippen LogP contribution in [0, 0.1) is 0 Å². The van der Waals surface area contributed by atoms with Gasteiger partial charge in [0.1, 0.15) is 5.75 Å². The van der Waals surface area contributed by atoms with Crippen LogP contribution >= 0.6 is 11.3 Å². The number of carboxylic acid groups (broad SMARTS) is 1. The minimum absolute atomic E-state index is 0.0569. The Hall–Kier alpha value is -2.34. The smallest absolute Gasteiger partial charge is 0.303 e. The van der Waals surface area contributed by atoms with Crippen LogP contribution < -0.4 is 10.1 Å². The van der Waals surface area contributed by atoms with Gasteiger partial charge in [0.15, 0.2) is 0 Å². The highest BCUT2D eigenvalue weighted by molar-refractivity contribution is 7.08. The third-order valence-corrected chi connectivity index (χ3v) is 4.06. The standard InChI is InChI=1S/C17H19NO4S/c1-12(13-8-10-23-11-13)17(21)18-14-4-6-15(7-5-14)22-9-2-3-16(19)20/h4-8,10-12H,2-3,9H2,1H3,(H,18,21)(H,19,20). The largest absolute Gasteiger partial charge is 0.494 e. The van der Waals surface area contributed by atoms with Crippen molar-refractivity contribution in [3.8, 4) is 5.75 Å². The fourth-order valence-corrected chi connectivity index (χ4v) is 2.73. The van der Waals surface area contributed by atoms with E-state index in [0.29, 0.717) is 24.5 Å². The van der Waals surface area contributed by atoms with Gasteiger partial charge in [-0.3, -0.25) is 9.59 Å². The molecule has 6 heteroatoms. The Bertz CT molecular complexity index is 637. The number of amides is 1. The van der Waals surface area contributed by atoms with Crippen LogP contribution in [-0.2, 0) is 9.59 Å². The van der Waals surface area contributed by atoms with Crippen molar-refractivity contribution < 1.29 is 19.4 Å². The monoisotopic (exact) mass is 333 g/mol. The molecule has 1 aromatic heterocycles. The summed E-state index contributed by atoms with van der Waals surface area (Å²) in [6, 6.07) is 9.00. The summed E-state index contributed by atoms with van der Waals surface area (Å²) < 4.78 is 5.45. The molecule has 0 aliphatic heterocycles. The number of hydrogen-bond acceptors (Lipinski definition) is 4. The van der Waals surface area contributed by atoms with E-state index in [1.54, 1.807) is 35.6 Å². The molecule has 23 heavy (non-hydrogen) atoms. The molecule has 0 fully saturated rings. The molecule has 0 saturated carbocycles. The topological polar surface area (TPSA) is 75.6 Å². The average Bonchev–Trinajstić information content (AvgIpc) is 3.06. The van der Waals surface area contributed by atoms with Gasteiger partial charge in [-0.15, -0.1) is 0 Å². The lowest BCUT2D eigenvalue weighted by atomic mass is 10.0. The second-order valence-electron chi connectivity index (χ2n) is 5.14. The molecule has 0 radical (unpaired) electrons. The van der Waals surface area contributed by atoms with Crippen LogP contribution in [0.3, 0.4) is 0 Å². The first-order valence-corrected chi connectivity index (χ1v) is 8.28. The number of thiophene rings is 1. The van der Waals surface area contributed by atoms with E-state index in [2.05, 4.69) is 5.32 Å². The van der Waals surface area contributed by atoms with Gasteiger partial charge in [0.25, 0.3) is 0 Å². The highest BCUT2D eigenvalue weighted by Gasteiger charge is 2.15. The first-order chi connectivity index (χ1) is 11.1. The maximum atomic E-state index is 12.2. The molecule has 1 aromatic carbocycles. The number of rotatable bonds is 8. The molecule has 1 heterocycles. The number of nitrogens with one attached hydrogen (secondary N) is 1. The first kappa shape index (κ1) is 17.0. The van der Waals surface area contributed by atoms with Gasteiger partial charge in [-0.25, -0.2) is 0 Å². The average molecular weight is 333 g/mol. The van der Waals surface area contributed by atoms with Crippen LogP contribution in [0.2, 0.25) is 0 Å². The zero-order chi connectivity index (χ0) is 16.7. The zero-order valence-electron chi connectivity index (χ0n) is 12.8. The summed E-state index contributed by atoms with van der Waals surface area (Å²) in [5.74, 6) is -0.433. The number of ether oxygens (including phenoxy) is 1. The van der Waals surface area contributed by atoms with Gasteiger partial charge >= 0.3 is 5.97 Å². The number of hydrogen-bond donors (Lipinski definition) is 2. The summed E-state index contributed by atoms with van der Waals surface area (Å²) in [6.07, 6.45) is 0.556. The summed E-state index contributed by atoms with van der Waals surface area (Å²) in [7, 11) is 0. The van der Waals surface area contributed by atoms with Crippen LogP contribution in [0.5, 0.6) is 5.75 Å². The maximum absolute atomic E-state index is 12.2. The predicted molar refractivity (Wildman–Crippen MR) is 90.2 cm³/mol. The summed E-state index contributed by atoms with van der Waals surface area (Å²) in [6.45, 7) is 2.23. The number of carbonyl (C=O) groups is 2. The first-order valence-electron chi connectivity index (χ1n) is 7.34. The van der Waals surface area contributed by atoms with E-state index in [9.17, 15) is 9.59 Å². The normalized spacial score (nSPS) is 11.7. The molecule has 1 atom stereocenters. The minimum Gasteiger partial charge on any atom is -0.494 e. The Morgan fingerprint density at radius 1 is 1.26 bits per heavy atom. The molecular weight excluding hydrogens is 314 g/mol. The van der Waals surface area contributed by atoms with Crippen LogP contribution in [0.1, 0.15) is 31.2 Å². The minimum atomic E-state index is -0.827. The zero-order valence-corrected chi connectivity index (χ0v) is 13.6. The molecule has 1 amide bonds. The van der Waals surface area contributed by atoms with Crippen LogP contribution in [-0.4, -0.2) is 23.6 Å². The predicted octanol–water partition coefficient (Wildman–Crippen LogP) is 3.73. The lowest BCUT2D eigenvalue weighted by molar-refractivity contribution is -0.137. The molecule has 0 spiro atoms. The van der Waals surface area contributed by atoms with Crippen molar-refractivity contribution in [2.24, 2.45) is 0 Å². The van der Waals surface area contributed by atoms with Crippen LogP contribution in [0.25, 0.3) is 0 Å². The van der Waals surface area contributed by atoms with Gasteiger partial charge in [0, 0.05) is 12.1 Å². The van der Waals surface area contributed by atoms with Gasteiger partial charge in [0.2, 0.25) is 5.91 Å². The van der Waals surface area contributed by atoms with Gasteiger partial charge in [-0.1, -0.05) is 0 Å². The van der Waals surface area contributed by atoms with Crippen molar-refractivity contribution >= 4 is 28.9 Å². The maximum Gasteiger partial charge on any atom is 0.303 e. The van der Waals surface area contributed by atoms with E-state index in [0.717, 1.165) is 5.56 Å². The van der Waals surface area contributed by atoms with Gasteiger partial charge in [-0.2, -0.15) is 11.3 Å². The third-order valence-electron chi connectivity index (χ3n) is 3.36. The van der Waals surface area contributed by atoms with E-state index >= 15 is 0 Å². The number of carboxylic acids is 1. The number of benzene rings is 1. The second-order valence-corrected chi connectivity index (χ2v) is 5.92. The Balaban J connectivity index is 1.82. The molecule has 2 N–H and O–H groups in total. The highest BCUT2D eigenvalue weighted by Crippen LogP contribution is 2.21. The Morgan fingerprint density at radius 2 is 2.00 bits per heavy atom. The fourth-order valence-electron chi connectivity index (χ4n) is 1.97. The second kappa shape index (κ2) is 8.33. The summed E-state index contributed by atoms with van der Waals surface area (Å²) in [5.41, 5.74) is 1.71. The molecule has 0 bridgehead atoms. The number of carbonyl (C=O) groups excluding carboxylic acids is 1. The Labute approximate surface area is 138 Å². The molecule has 1 unspecified atom stereocenters. The number of anilines is 1. The van der Waals surface area contributed by atoms with Gasteiger partial charge in [0.05, 0.1) is 12.5 Å². The summed E-state index contributed by atoms with van der Waals surface area (Å²) in [4.78, 5) is 22.6. The molecule has 0 aliphatic rings. The molecule has 2 rings (SSSR count). The SMILES string of the molecule is CC(C(=O)Nc1ccc(OCCCC(=O)O)cc1)c1ccsc1.